The summed E-state index contributed by atoms with van der Waals surface area (Å²) in [5.74, 6) is 0. The number of rotatable bonds is 8. The summed E-state index contributed by atoms with van der Waals surface area (Å²) in [6.45, 7) is 3.48. The van der Waals surface area contributed by atoms with Crippen LogP contribution >= 0.6 is 33.9 Å². The molecule has 0 bridgehead atoms. The molecule has 1 heterocycles. The first-order valence-corrected chi connectivity index (χ1v) is 9.72. The minimum atomic E-state index is 0.638. The van der Waals surface area contributed by atoms with Crippen molar-refractivity contribution < 1.29 is 0 Å². The quantitative estimate of drug-likeness (QED) is 0.444. The summed E-state index contributed by atoms with van der Waals surface area (Å²) in [6, 6.07) is 3.04. The fourth-order valence-electron chi connectivity index (χ4n) is 2.92. The Morgan fingerprint density at radius 3 is 2.89 bits per heavy atom. The van der Waals surface area contributed by atoms with Gasteiger partial charge in [0.2, 0.25) is 0 Å². The van der Waals surface area contributed by atoms with Crippen molar-refractivity contribution in [2.75, 3.05) is 6.54 Å². The molecular weight excluding hydrogens is 365 g/mol. The molecule has 0 spiro atoms. The highest BCUT2D eigenvalue weighted by Gasteiger charge is 2.21. The largest absolute Gasteiger partial charge is 0.310 e. The van der Waals surface area contributed by atoms with Crippen molar-refractivity contribution >= 4 is 33.9 Å². The van der Waals surface area contributed by atoms with E-state index in [1.54, 1.807) is 10.4 Å². The molecule has 0 saturated heterocycles. The van der Waals surface area contributed by atoms with E-state index < -0.39 is 0 Å². The van der Waals surface area contributed by atoms with Gasteiger partial charge in [0.25, 0.3) is 0 Å². The molecule has 0 saturated carbocycles. The first-order chi connectivity index (χ1) is 9.31. The van der Waals surface area contributed by atoms with Gasteiger partial charge in [-0.3, -0.25) is 0 Å². The highest BCUT2D eigenvalue weighted by atomic mass is 127. The van der Waals surface area contributed by atoms with Crippen LogP contribution < -0.4 is 5.32 Å². The highest BCUT2D eigenvalue weighted by molar-refractivity contribution is 14.1. The molecule has 0 fully saturated rings. The Morgan fingerprint density at radius 1 is 1.26 bits per heavy atom. The second kappa shape index (κ2) is 8.63. The molecule has 3 heteroatoms. The first-order valence-electron chi connectivity index (χ1n) is 7.82. The molecule has 2 rings (SSSR count). The SMILES string of the molecule is CCCCCCCCNC1CCCc2sc(I)cc21. The average molecular weight is 391 g/mol. The summed E-state index contributed by atoms with van der Waals surface area (Å²) in [5.41, 5.74) is 1.60. The Hall–Kier alpha value is 0.390. The standard InChI is InChI=1S/C16H26INS/c1-2-3-4-5-6-7-11-18-14-9-8-10-15-13(14)12-16(17)19-15/h12,14,18H,2-11H2,1H3. The minimum Gasteiger partial charge on any atom is -0.310 e. The summed E-state index contributed by atoms with van der Waals surface area (Å²) in [4.78, 5) is 1.64. The molecule has 19 heavy (non-hydrogen) atoms. The lowest BCUT2D eigenvalue weighted by Crippen LogP contribution is -2.25. The maximum atomic E-state index is 3.79. The van der Waals surface area contributed by atoms with E-state index in [1.807, 2.05) is 11.3 Å². The number of aryl methyl sites for hydroxylation is 1. The lowest BCUT2D eigenvalue weighted by Gasteiger charge is -2.23. The smallest absolute Gasteiger partial charge is 0.0659 e. The van der Waals surface area contributed by atoms with Crippen LogP contribution in [-0.4, -0.2) is 6.54 Å². The van der Waals surface area contributed by atoms with Crippen molar-refractivity contribution in [3.05, 3.63) is 19.4 Å². The van der Waals surface area contributed by atoms with E-state index in [0.29, 0.717) is 6.04 Å². The lowest BCUT2D eigenvalue weighted by molar-refractivity contribution is 0.451. The maximum absolute atomic E-state index is 3.79. The van der Waals surface area contributed by atoms with Gasteiger partial charge >= 0.3 is 0 Å². The molecule has 1 aromatic rings. The van der Waals surface area contributed by atoms with Gasteiger partial charge in [0, 0.05) is 10.9 Å². The summed E-state index contributed by atoms with van der Waals surface area (Å²) in [6.07, 6.45) is 12.3. The van der Waals surface area contributed by atoms with Crippen LogP contribution in [0.25, 0.3) is 0 Å². The normalized spacial score (nSPS) is 18.5. The number of hydrogen-bond acceptors (Lipinski definition) is 2. The molecule has 1 atom stereocenters. The lowest BCUT2D eigenvalue weighted by atomic mass is 9.94. The first kappa shape index (κ1) is 15.8. The Labute approximate surface area is 135 Å². The summed E-state index contributed by atoms with van der Waals surface area (Å²) in [7, 11) is 0. The van der Waals surface area contributed by atoms with Crippen LogP contribution in [0, 0.1) is 2.88 Å². The van der Waals surface area contributed by atoms with Gasteiger partial charge in [-0.25, -0.2) is 0 Å². The molecule has 1 nitrogen and oxygen atoms in total. The fraction of sp³-hybridized carbons (Fsp3) is 0.750. The van der Waals surface area contributed by atoms with Crippen molar-refractivity contribution in [3.63, 3.8) is 0 Å². The Kier molecular flexibility index (Phi) is 7.16. The maximum Gasteiger partial charge on any atom is 0.0659 e. The van der Waals surface area contributed by atoms with Gasteiger partial charge in [-0.1, -0.05) is 39.0 Å². The molecular formula is C16H26INS. The van der Waals surface area contributed by atoms with E-state index in [0.717, 1.165) is 0 Å². The van der Waals surface area contributed by atoms with Crippen LogP contribution in [0.3, 0.4) is 0 Å². The monoisotopic (exact) mass is 391 g/mol. The van der Waals surface area contributed by atoms with Gasteiger partial charge < -0.3 is 5.32 Å². The zero-order valence-electron chi connectivity index (χ0n) is 12.0. The molecule has 0 amide bonds. The number of hydrogen-bond donors (Lipinski definition) is 1. The van der Waals surface area contributed by atoms with Crippen molar-refractivity contribution in [1.29, 1.82) is 0 Å². The van der Waals surface area contributed by atoms with E-state index in [9.17, 15) is 0 Å². The zero-order valence-corrected chi connectivity index (χ0v) is 15.0. The second-order valence-corrected chi connectivity index (χ2v) is 8.63. The van der Waals surface area contributed by atoms with E-state index in [-0.39, 0.29) is 0 Å². The van der Waals surface area contributed by atoms with Crippen molar-refractivity contribution in [1.82, 2.24) is 5.32 Å². The third-order valence-corrected chi connectivity index (χ3v) is 5.98. The van der Waals surface area contributed by atoms with Crippen molar-refractivity contribution in [2.24, 2.45) is 0 Å². The van der Waals surface area contributed by atoms with Gasteiger partial charge in [0.05, 0.1) is 2.88 Å². The average Bonchev–Trinajstić information content (AvgIpc) is 2.78. The molecule has 108 valence electrons. The zero-order chi connectivity index (χ0) is 13.5. The molecule has 1 unspecified atom stereocenters. The summed E-state index contributed by atoms with van der Waals surface area (Å²) in [5, 5.41) is 3.79. The predicted molar refractivity (Wildman–Crippen MR) is 94.1 cm³/mol. The molecule has 1 N–H and O–H groups in total. The van der Waals surface area contributed by atoms with Gasteiger partial charge in [0.15, 0.2) is 0 Å². The summed E-state index contributed by atoms with van der Waals surface area (Å²) >= 11 is 4.46. The van der Waals surface area contributed by atoms with Crippen LogP contribution in [0.5, 0.6) is 0 Å². The third-order valence-electron chi connectivity index (χ3n) is 4.00. The van der Waals surface area contributed by atoms with Crippen LogP contribution in [0.1, 0.15) is 74.8 Å². The van der Waals surface area contributed by atoms with E-state index in [4.69, 9.17) is 0 Å². The van der Waals surface area contributed by atoms with Crippen molar-refractivity contribution in [2.45, 2.75) is 70.8 Å². The van der Waals surface area contributed by atoms with Gasteiger partial charge in [-0.15, -0.1) is 11.3 Å². The molecule has 0 aliphatic heterocycles. The summed E-state index contributed by atoms with van der Waals surface area (Å²) < 4.78 is 1.45. The minimum absolute atomic E-state index is 0.638. The Morgan fingerprint density at radius 2 is 2.05 bits per heavy atom. The van der Waals surface area contributed by atoms with E-state index >= 15 is 0 Å². The van der Waals surface area contributed by atoms with E-state index in [2.05, 4.69) is 40.9 Å². The van der Waals surface area contributed by atoms with Crippen LogP contribution in [-0.2, 0) is 6.42 Å². The van der Waals surface area contributed by atoms with Crippen LogP contribution in [0.4, 0.5) is 0 Å². The number of unbranched alkanes of at least 4 members (excludes halogenated alkanes) is 5. The molecule has 0 aromatic carbocycles. The predicted octanol–water partition coefficient (Wildman–Crippen LogP) is 5.68. The van der Waals surface area contributed by atoms with Gasteiger partial charge in [0.1, 0.15) is 0 Å². The Bertz CT molecular complexity index is 375. The highest BCUT2D eigenvalue weighted by Crippen LogP contribution is 2.36. The number of nitrogens with one attached hydrogen (secondary N) is 1. The number of halogens is 1. The van der Waals surface area contributed by atoms with E-state index in [1.165, 1.54) is 67.2 Å². The number of fused-ring (bicyclic) bond motifs is 1. The second-order valence-electron chi connectivity index (χ2n) is 5.60. The molecule has 1 aromatic heterocycles. The fourth-order valence-corrected chi connectivity index (χ4v) is 5.03. The van der Waals surface area contributed by atoms with Crippen molar-refractivity contribution in [3.8, 4) is 0 Å². The number of thiophene rings is 1. The molecule has 0 radical (unpaired) electrons. The molecule has 1 aliphatic carbocycles. The molecule has 1 aliphatic rings. The van der Waals surface area contributed by atoms with Gasteiger partial charge in [-0.05, 0) is 66.4 Å². The topological polar surface area (TPSA) is 12.0 Å². The third kappa shape index (κ3) is 5.01. The Balaban J connectivity index is 1.67. The van der Waals surface area contributed by atoms with Crippen LogP contribution in [0.15, 0.2) is 6.07 Å². The van der Waals surface area contributed by atoms with Crippen LogP contribution in [0.2, 0.25) is 0 Å². The van der Waals surface area contributed by atoms with Gasteiger partial charge in [-0.2, -0.15) is 0 Å².